The minimum absolute atomic E-state index is 0.648. The maximum absolute atomic E-state index is 9.01. The number of aryl methyl sites for hydroxylation is 2. The summed E-state index contributed by atoms with van der Waals surface area (Å²) in [6.45, 7) is 4.17. The van der Waals surface area contributed by atoms with Crippen LogP contribution in [-0.2, 0) is 0 Å². The summed E-state index contributed by atoms with van der Waals surface area (Å²) in [6.07, 6.45) is 0. The molecule has 0 aliphatic carbocycles. The van der Waals surface area contributed by atoms with Gasteiger partial charge in [-0.05, 0) is 49.7 Å². The summed E-state index contributed by atoms with van der Waals surface area (Å²) in [4.78, 5) is 0. The Kier molecular flexibility index (Phi) is 3.59. The van der Waals surface area contributed by atoms with E-state index in [4.69, 9.17) is 10.4 Å². The first kappa shape index (κ1) is 15.2. The molecule has 0 spiro atoms. The number of fused-ring (bicyclic) bond motifs is 1. The van der Waals surface area contributed by atoms with Crippen LogP contribution >= 0.6 is 0 Å². The van der Waals surface area contributed by atoms with Crippen molar-refractivity contribution >= 4 is 10.9 Å². The lowest BCUT2D eigenvalue weighted by atomic mass is 10.1. The second kappa shape index (κ2) is 5.92. The molecule has 3 heteroatoms. The van der Waals surface area contributed by atoms with Gasteiger partial charge in [-0.2, -0.15) is 10.4 Å². The number of hydrogen-bond acceptors (Lipinski definition) is 2. The molecule has 1 heterocycles. The van der Waals surface area contributed by atoms with Crippen molar-refractivity contribution in [3.8, 4) is 23.0 Å². The molecule has 25 heavy (non-hydrogen) atoms. The first-order valence-corrected chi connectivity index (χ1v) is 8.23. The summed E-state index contributed by atoms with van der Waals surface area (Å²) in [5.41, 5.74) is 7.17. The van der Waals surface area contributed by atoms with Crippen LogP contribution < -0.4 is 0 Å². The molecule has 0 aliphatic rings. The van der Waals surface area contributed by atoms with Crippen LogP contribution in [0.15, 0.2) is 66.7 Å². The second-order valence-corrected chi connectivity index (χ2v) is 6.31. The highest BCUT2D eigenvalue weighted by molar-refractivity contribution is 5.94. The van der Waals surface area contributed by atoms with Crippen LogP contribution in [0.5, 0.6) is 0 Å². The monoisotopic (exact) mass is 323 g/mol. The standard InChI is InChI=1S/C22H17N3/c1-15-3-8-18(9-4-15)22-20-12-5-16(2)13-21(20)25(24-22)19-10-6-17(14-23)7-11-19/h3-13H,1-2H3. The molecule has 0 saturated carbocycles. The topological polar surface area (TPSA) is 41.6 Å². The van der Waals surface area contributed by atoms with Crippen LogP contribution in [0.2, 0.25) is 0 Å². The zero-order valence-corrected chi connectivity index (χ0v) is 14.2. The van der Waals surface area contributed by atoms with Gasteiger partial charge >= 0.3 is 0 Å². The molecule has 0 saturated heterocycles. The minimum atomic E-state index is 0.648. The lowest BCUT2D eigenvalue weighted by Gasteiger charge is -2.04. The van der Waals surface area contributed by atoms with Gasteiger partial charge in [0.15, 0.2) is 0 Å². The number of nitrogens with zero attached hydrogens (tertiary/aromatic N) is 3. The van der Waals surface area contributed by atoms with Crippen molar-refractivity contribution < 1.29 is 0 Å². The van der Waals surface area contributed by atoms with Crippen molar-refractivity contribution in [1.29, 1.82) is 5.26 Å². The average molecular weight is 323 g/mol. The largest absolute Gasteiger partial charge is 0.232 e. The fourth-order valence-electron chi connectivity index (χ4n) is 3.02. The van der Waals surface area contributed by atoms with E-state index in [9.17, 15) is 0 Å². The van der Waals surface area contributed by atoms with Crippen LogP contribution in [0.25, 0.3) is 27.8 Å². The molecule has 0 unspecified atom stereocenters. The van der Waals surface area contributed by atoms with Crippen LogP contribution in [0.1, 0.15) is 16.7 Å². The second-order valence-electron chi connectivity index (χ2n) is 6.31. The van der Waals surface area contributed by atoms with Gasteiger partial charge in [0.1, 0.15) is 5.69 Å². The zero-order valence-electron chi connectivity index (χ0n) is 14.2. The molecule has 0 amide bonds. The average Bonchev–Trinajstić information content (AvgIpc) is 3.01. The molecule has 0 atom stereocenters. The van der Waals surface area contributed by atoms with E-state index >= 15 is 0 Å². The van der Waals surface area contributed by atoms with Gasteiger partial charge in [-0.1, -0.05) is 42.0 Å². The molecule has 120 valence electrons. The van der Waals surface area contributed by atoms with Crippen molar-refractivity contribution in [2.75, 3.05) is 0 Å². The molecule has 3 aromatic carbocycles. The van der Waals surface area contributed by atoms with E-state index in [2.05, 4.69) is 62.4 Å². The van der Waals surface area contributed by atoms with E-state index in [-0.39, 0.29) is 0 Å². The molecule has 3 nitrogen and oxygen atoms in total. The van der Waals surface area contributed by atoms with Gasteiger partial charge in [0.05, 0.1) is 22.8 Å². The Bertz CT molecular complexity index is 1100. The van der Waals surface area contributed by atoms with E-state index in [0.717, 1.165) is 27.8 Å². The number of hydrogen-bond donors (Lipinski definition) is 0. The normalized spacial score (nSPS) is 10.8. The number of aromatic nitrogens is 2. The Morgan fingerprint density at radius 2 is 1.52 bits per heavy atom. The summed E-state index contributed by atoms with van der Waals surface area (Å²) in [5.74, 6) is 0. The Labute approximate surface area is 146 Å². The van der Waals surface area contributed by atoms with Gasteiger partial charge in [-0.3, -0.25) is 0 Å². The van der Waals surface area contributed by atoms with Gasteiger partial charge in [0, 0.05) is 10.9 Å². The molecule has 4 rings (SSSR count). The van der Waals surface area contributed by atoms with Gasteiger partial charge in [0.2, 0.25) is 0 Å². The van der Waals surface area contributed by atoms with Crippen molar-refractivity contribution in [3.63, 3.8) is 0 Å². The summed E-state index contributed by atoms with van der Waals surface area (Å²) < 4.78 is 1.96. The molecule has 1 aromatic heterocycles. The van der Waals surface area contributed by atoms with Crippen molar-refractivity contribution in [3.05, 3.63) is 83.4 Å². The predicted molar refractivity (Wildman–Crippen MR) is 101 cm³/mol. The van der Waals surface area contributed by atoms with Crippen LogP contribution in [0.4, 0.5) is 0 Å². The quantitative estimate of drug-likeness (QED) is 0.510. The molecule has 0 N–H and O–H groups in total. The molecule has 0 bridgehead atoms. The van der Waals surface area contributed by atoms with E-state index in [1.807, 2.05) is 28.9 Å². The summed E-state index contributed by atoms with van der Waals surface area (Å²) >= 11 is 0. The number of rotatable bonds is 2. The molecular formula is C22H17N3. The highest BCUT2D eigenvalue weighted by Gasteiger charge is 2.13. The molecule has 4 aromatic rings. The number of benzene rings is 3. The highest BCUT2D eigenvalue weighted by Crippen LogP contribution is 2.30. The Morgan fingerprint density at radius 3 is 2.20 bits per heavy atom. The van der Waals surface area contributed by atoms with E-state index in [0.29, 0.717) is 5.56 Å². The van der Waals surface area contributed by atoms with Gasteiger partial charge in [-0.25, -0.2) is 4.68 Å². The zero-order chi connectivity index (χ0) is 17.4. The Hall–Kier alpha value is -3.38. The highest BCUT2D eigenvalue weighted by atomic mass is 15.3. The summed E-state index contributed by atoms with van der Waals surface area (Å²) in [5, 5.41) is 15.0. The fraction of sp³-hybridized carbons (Fsp3) is 0.0909. The van der Waals surface area contributed by atoms with Gasteiger partial charge in [0.25, 0.3) is 0 Å². The Balaban J connectivity index is 1.96. The Morgan fingerprint density at radius 1 is 0.840 bits per heavy atom. The smallest absolute Gasteiger partial charge is 0.101 e. The van der Waals surface area contributed by atoms with Crippen LogP contribution in [-0.4, -0.2) is 9.78 Å². The lowest BCUT2D eigenvalue weighted by molar-refractivity contribution is 0.914. The maximum atomic E-state index is 9.01. The summed E-state index contributed by atoms with van der Waals surface area (Å²) in [7, 11) is 0. The third kappa shape index (κ3) is 2.68. The van der Waals surface area contributed by atoms with E-state index < -0.39 is 0 Å². The van der Waals surface area contributed by atoms with Crippen LogP contribution in [0, 0.1) is 25.2 Å². The van der Waals surface area contributed by atoms with Crippen molar-refractivity contribution in [2.45, 2.75) is 13.8 Å². The van der Waals surface area contributed by atoms with E-state index in [1.165, 1.54) is 11.1 Å². The van der Waals surface area contributed by atoms with Gasteiger partial charge < -0.3 is 0 Å². The fourth-order valence-corrected chi connectivity index (χ4v) is 3.02. The van der Waals surface area contributed by atoms with Crippen LogP contribution in [0.3, 0.4) is 0 Å². The molecule has 0 radical (unpaired) electrons. The first-order chi connectivity index (χ1) is 12.2. The third-order valence-corrected chi connectivity index (χ3v) is 4.40. The van der Waals surface area contributed by atoms with Gasteiger partial charge in [-0.15, -0.1) is 0 Å². The lowest BCUT2D eigenvalue weighted by Crippen LogP contribution is -1.96. The van der Waals surface area contributed by atoms with Crippen molar-refractivity contribution in [1.82, 2.24) is 9.78 Å². The SMILES string of the molecule is Cc1ccc(-c2nn(-c3ccc(C#N)cc3)c3cc(C)ccc23)cc1. The van der Waals surface area contributed by atoms with Crippen molar-refractivity contribution in [2.24, 2.45) is 0 Å². The minimum Gasteiger partial charge on any atom is -0.232 e. The predicted octanol–water partition coefficient (Wildman–Crippen LogP) is 5.18. The molecule has 0 fully saturated rings. The third-order valence-electron chi connectivity index (χ3n) is 4.40. The number of nitriles is 1. The van der Waals surface area contributed by atoms with E-state index in [1.54, 1.807) is 0 Å². The maximum Gasteiger partial charge on any atom is 0.101 e. The molecular weight excluding hydrogens is 306 g/mol. The summed E-state index contributed by atoms with van der Waals surface area (Å²) in [6, 6.07) is 24.5. The first-order valence-electron chi connectivity index (χ1n) is 8.23. The molecule has 0 aliphatic heterocycles.